The molecule has 0 aromatic heterocycles. The fraction of sp³-hybridized carbons (Fsp3) is 0.417. The first kappa shape index (κ1) is 19.8. The van der Waals surface area contributed by atoms with Crippen molar-refractivity contribution in [3.05, 3.63) is 59.4 Å². The minimum Gasteiger partial charge on any atom is -0.454 e. The zero-order chi connectivity index (χ0) is 21.4. The molecule has 5 rings (SSSR count). The molecule has 7 heteroatoms. The van der Waals surface area contributed by atoms with E-state index in [0.29, 0.717) is 49.5 Å². The number of rotatable bonds is 4. The van der Waals surface area contributed by atoms with Gasteiger partial charge in [0.05, 0.1) is 0 Å². The average molecular weight is 424 g/mol. The van der Waals surface area contributed by atoms with Crippen LogP contribution >= 0.6 is 0 Å². The van der Waals surface area contributed by atoms with Crippen LogP contribution in [0.25, 0.3) is 0 Å². The predicted molar refractivity (Wildman–Crippen MR) is 111 cm³/mol. The van der Waals surface area contributed by atoms with Crippen LogP contribution in [-0.2, 0) is 11.2 Å². The van der Waals surface area contributed by atoms with E-state index >= 15 is 0 Å². The second-order valence-electron chi connectivity index (χ2n) is 8.44. The SMILES string of the molecule is O=C(c1ccc2c(c1)OCO2)N1CC[C@H]2[C@H](CCC(=O)N2CCc2cccc(F)c2)C1. The molecule has 0 bridgehead atoms. The summed E-state index contributed by atoms with van der Waals surface area (Å²) >= 11 is 0. The average Bonchev–Trinajstić information content (AvgIpc) is 3.25. The van der Waals surface area contributed by atoms with Crippen molar-refractivity contribution in [3.8, 4) is 11.5 Å². The molecule has 2 aromatic rings. The van der Waals surface area contributed by atoms with Crippen molar-refractivity contribution in [2.45, 2.75) is 31.7 Å². The molecule has 0 unspecified atom stereocenters. The summed E-state index contributed by atoms with van der Waals surface area (Å²) in [5, 5.41) is 0. The molecule has 31 heavy (non-hydrogen) atoms. The van der Waals surface area contributed by atoms with Gasteiger partial charge in [-0.15, -0.1) is 0 Å². The van der Waals surface area contributed by atoms with Gasteiger partial charge in [-0.2, -0.15) is 0 Å². The topological polar surface area (TPSA) is 59.1 Å². The molecular weight excluding hydrogens is 399 g/mol. The normalized spacial score (nSPS) is 22.4. The van der Waals surface area contributed by atoms with Crippen LogP contribution in [0, 0.1) is 11.7 Å². The van der Waals surface area contributed by atoms with Crippen LogP contribution in [0.2, 0.25) is 0 Å². The molecule has 0 radical (unpaired) electrons. The smallest absolute Gasteiger partial charge is 0.254 e. The molecular formula is C24H25FN2O4. The zero-order valence-corrected chi connectivity index (χ0v) is 17.3. The summed E-state index contributed by atoms with van der Waals surface area (Å²) in [6, 6.07) is 12.0. The largest absolute Gasteiger partial charge is 0.454 e. The molecule has 2 fully saturated rings. The monoisotopic (exact) mass is 424 g/mol. The molecule has 3 aliphatic heterocycles. The highest BCUT2D eigenvalue weighted by molar-refractivity contribution is 5.95. The molecule has 2 saturated heterocycles. The summed E-state index contributed by atoms with van der Waals surface area (Å²) in [5.74, 6) is 1.42. The number of fused-ring (bicyclic) bond motifs is 2. The highest BCUT2D eigenvalue weighted by atomic mass is 19.1. The summed E-state index contributed by atoms with van der Waals surface area (Å²) in [7, 11) is 0. The molecule has 6 nitrogen and oxygen atoms in total. The summed E-state index contributed by atoms with van der Waals surface area (Å²) in [5.41, 5.74) is 1.49. The molecule has 2 atom stereocenters. The Labute approximate surface area is 180 Å². The van der Waals surface area contributed by atoms with Crippen molar-refractivity contribution in [3.63, 3.8) is 0 Å². The number of hydrogen-bond acceptors (Lipinski definition) is 4. The lowest BCUT2D eigenvalue weighted by Gasteiger charge is -2.47. The Morgan fingerprint density at radius 1 is 1.10 bits per heavy atom. The second-order valence-corrected chi connectivity index (χ2v) is 8.44. The van der Waals surface area contributed by atoms with E-state index in [-0.39, 0.29) is 36.4 Å². The maximum absolute atomic E-state index is 13.5. The van der Waals surface area contributed by atoms with E-state index in [1.54, 1.807) is 24.3 Å². The van der Waals surface area contributed by atoms with Crippen LogP contribution in [-0.4, -0.2) is 54.1 Å². The van der Waals surface area contributed by atoms with Gasteiger partial charge in [-0.3, -0.25) is 9.59 Å². The van der Waals surface area contributed by atoms with Crippen molar-refractivity contribution in [1.29, 1.82) is 0 Å². The van der Waals surface area contributed by atoms with Crippen LogP contribution < -0.4 is 9.47 Å². The number of benzene rings is 2. The van der Waals surface area contributed by atoms with Crippen molar-refractivity contribution < 1.29 is 23.5 Å². The van der Waals surface area contributed by atoms with E-state index in [9.17, 15) is 14.0 Å². The first-order valence-corrected chi connectivity index (χ1v) is 10.8. The Hall–Kier alpha value is -3.09. The third kappa shape index (κ3) is 3.96. The third-order valence-corrected chi connectivity index (χ3v) is 6.58. The molecule has 0 N–H and O–H groups in total. The number of amides is 2. The zero-order valence-electron chi connectivity index (χ0n) is 17.3. The number of carbonyl (C=O) groups is 2. The van der Waals surface area contributed by atoms with E-state index in [0.717, 1.165) is 18.4 Å². The van der Waals surface area contributed by atoms with Gasteiger partial charge < -0.3 is 19.3 Å². The van der Waals surface area contributed by atoms with Gasteiger partial charge in [-0.1, -0.05) is 12.1 Å². The number of halogens is 1. The van der Waals surface area contributed by atoms with Gasteiger partial charge >= 0.3 is 0 Å². The Morgan fingerprint density at radius 3 is 2.84 bits per heavy atom. The predicted octanol–water partition coefficient (Wildman–Crippen LogP) is 3.25. The van der Waals surface area contributed by atoms with Crippen LogP contribution in [0.15, 0.2) is 42.5 Å². The molecule has 3 aliphatic rings. The van der Waals surface area contributed by atoms with Crippen molar-refractivity contribution in [2.24, 2.45) is 5.92 Å². The molecule has 2 aromatic carbocycles. The first-order chi connectivity index (χ1) is 15.1. The standard InChI is InChI=1S/C24H25FN2O4/c25-19-3-1-2-16(12-19)8-11-27-20-9-10-26(14-18(20)5-7-23(27)28)24(29)17-4-6-21-22(13-17)31-15-30-21/h1-4,6,12-13,18,20H,5,7-11,14-15H2/t18-,20+/m1/s1. The maximum Gasteiger partial charge on any atom is 0.254 e. The van der Waals surface area contributed by atoms with Gasteiger partial charge in [-0.05, 0) is 61.1 Å². The fourth-order valence-corrected chi connectivity index (χ4v) is 4.98. The maximum atomic E-state index is 13.5. The van der Waals surface area contributed by atoms with Gasteiger partial charge in [0.1, 0.15) is 5.82 Å². The lowest BCUT2D eigenvalue weighted by molar-refractivity contribution is -0.140. The van der Waals surface area contributed by atoms with Gasteiger partial charge in [0.25, 0.3) is 5.91 Å². The lowest BCUT2D eigenvalue weighted by atomic mass is 9.83. The van der Waals surface area contributed by atoms with Gasteiger partial charge in [-0.25, -0.2) is 4.39 Å². The van der Waals surface area contributed by atoms with Crippen LogP contribution in [0.5, 0.6) is 11.5 Å². The molecule has 0 saturated carbocycles. The molecule has 2 amide bonds. The number of carbonyl (C=O) groups excluding carboxylic acids is 2. The number of ether oxygens (including phenoxy) is 2. The Morgan fingerprint density at radius 2 is 1.97 bits per heavy atom. The quantitative estimate of drug-likeness (QED) is 0.756. The molecule has 3 heterocycles. The molecule has 0 spiro atoms. The van der Waals surface area contributed by atoms with E-state index < -0.39 is 0 Å². The van der Waals surface area contributed by atoms with Crippen molar-refractivity contribution in [2.75, 3.05) is 26.4 Å². The highest BCUT2D eigenvalue weighted by Gasteiger charge is 2.40. The van der Waals surface area contributed by atoms with Crippen LogP contribution in [0.4, 0.5) is 4.39 Å². The van der Waals surface area contributed by atoms with Crippen molar-refractivity contribution >= 4 is 11.8 Å². The van der Waals surface area contributed by atoms with E-state index in [1.165, 1.54) is 12.1 Å². The lowest BCUT2D eigenvalue weighted by Crippen LogP contribution is -2.57. The van der Waals surface area contributed by atoms with E-state index in [2.05, 4.69) is 0 Å². The number of likely N-dealkylation sites (tertiary alicyclic amines) is 2. The molecule has 162 valence electrons. The summed E-state index contributed by atoms with van der Waals surface area (Å²) < 4.78 is 24.2. The Bertz CT molecular complexity index is 1010. The minimum atomic E-state index is -0.254. The first-order valence-electron chi connectivity index (χ1n) is 10.8. The highest BCUT2D eigenvalue weighted by Crippen LogP contribution is 2.35. The third-order valence-electron chi connectivity index (χ3n) is 6.58. The minimum absolute atomic E-state index is 0.0139. The van der Waals surface area contributed by atoms with Crippen molar-refractivity contribution in [1.82, 2.24) is 9.80 Å². The summed E-state index contributed by atoms with van der Waals surface area (Å²) in [6.07, 6.45) is 2.68. The Balaban J connectivity index is 1.25. The second kappa shape index (κ2) is 8.21. The van der Waals surface area contributed by atoms with Gasteiger partial charge in [0.15, 0.2) is 11.5 Å². The Kier molecular flexibility index (Phi) is 5.26. The number of hydrogen-bond donors (Lipinski definition) is 0. The van der Waals surface area contributed by atoms with Crippen LogP contribution in [0.1, 0.15) is 35.2 Å². The van der Waals surface area contributed by atoms with Gasteiger partial charge in [0, 0.05) is 37.7 Å². The fourth-order valence-electron chi connectivity index (χ4n) is 4.98. The number of piperidine rings is 2. The van der Waals surface area contributed by atoms with E-state index in [1.807, 2.05) is 15.9 Å². The van der Waals surface area contributed by atoms with Gasteiger partial charge in [0.2, 0.25) is 12.7 Å². The summed E-state index contributed by atoms with van der Waals surface area (Å²) in [6.45, 7) is 2.01. The number of nitrogens with zero attached hydrogens (tertiary/aromatic N) is 2. The molecule has 0 aliphatic carbocycles. The van der Waals surface area contributed by atoms with Crippen LogP contribution in [0.3, 0.4) is 0 Å². The summed E-state index contributed by atoms with van der Waals surface area (Å²) in [4.78, 5) is 29.6. The van der Waals surface area contributed by atoms with E-state index in [4.69, 9.17) is 9.47 Å².